The second-order valence-electron chi connectivity index (χ2n) is 5.15. The molecule has 1 atom stereocenters. The Hall–Kier alpha value is -0.900. The lowest BCUT2D eigenvalue weighted by Gasteiger charge is -2.47. The number of carbonyl (C=O) groups excluding carboxylic acids is 2. The summed E-state index contributed by atoms with van der Waals surface area (Å²) in [5.41, 5.74) is -0.206. The maximum atomic E-state index is 11.9. The molecule has 0 aromatic carbocycles. The molecule has 1 heterocycles. The molecule has 4 heteroatoms. The molecule has 0 aromatic rings. The van der Waals surface area contributed by atoms with Gasteiger partial charge in [-0.25, -0.2) is 0 Å². The zero-order valence-electron chi connectivity index (χ0n) is 10.7. The topological polar surface area (TPSA) is 49.4 Å². The van der Waals surface area contributed by atoms with Crippen molar-refractivity contribution in [2.75, 3.05) is 13.6 Å². The van der Waals surface area contributed by atoms with Crippen LogP contribution in [-0.2, 0) is 9.59 Å². The van der Waals surface area contributed by atoms with Gasteiger partial charge in [-0.3, -0.25) is 9.59 Å². The average Bonchev–Trinajstić information content (AvgIpc) is 2.16. The predicted molar refractivity (Wildman–Crippen MR) is 63.2 cm³/mol. The van der Waals surface area contributed by atoms with Gasteiger partial charge in [0.1, 0.15) is 0 Å². The third-order valence-electron chi connectivity index (χ3n) is 3.30. The quantitative estimate of drug-likeness (QED) is 0.729. The molecule has 0 bridgehead atoms. The van der Waals surface area contributed by atoms with E-state index in [9.17, 15) is 9.59 Å². The summed E-state index contributed by atoms with van der Waals surface area (Å²) in [4.78, 5) is 25.0. The summed E-state index contributed by atoms with van der Waals surface area (Å²) in [6.07, 6.45) is 3.05. The predicted octanol–water partition coefficient (Wildman–Crippen LogP) is 0.954. The van der Waals surface area contributed by atoms with E-state index in [0.717, 1.165) is 25.8 Å². The van der Waals surface area contributed by atoms with E-state index in [0.29, 0.717) is 0 Å². The average molecular weight is 226 g/mol. The van der Waals surface area contributed by atoms with Crippen molar-refractivity contribution >= 4 is 11.7 Å². The highest BCUT2D eigenvalue weighted by atomic mass is 16.2. The van der Waals surface area contributed by atoms with Gasteiger partial charge in [-0.2, -0.15) is 0 Å². The molecule has 1 aliphatic heterocycles. The minimum Gasteiger partial charge on any atom is -0.327 e. The van der Waals surface area contributed by atoms with Gasteiger partial charge in [-0.1, -0.05) is 0 Å². The SMILES string of the molecule is CNCC1CCCC(C)(C)N1C(=O)C(C)=O. The van der Waals surface area contributed by atoms with Crippen LogP contribution in [0.1, 0.15) is 40.0 Å². The maximum absolute atomic E-state index is 11.9. The first-order valence-corrected chi connectivity index (χ1v) is 5.89. The van der Waals surface area contributed by atoms with E-state index in [2.05, 4.69) is 5.32 Å². The van der Waals surface area contributed by atoms with E-state index in [-0.39, 0.29) is 23.3 Å². The normalized spacial score (nSPS) is 24.2. The Kier molecular flexibility index (Phi) is 4.08. The Morgan fingerprint density at radius 2 is 2.06 bits per heavy atom. The van der Waals surface area contributed by atoms with Crippen molar-refractivity contribution in [3.63, 3.8) is 0 Å². The molecule has 0 spiro atoms. The molecule has 92 valence electrons. The summed E-state index contributed by atoms with van der Waals surface area (Å²) in [5, 5.41) is 3.09. The van der Waals surface area contributed by atoms with Gasteiger partial charge in [-0.15, -0.1) is 0 Å². The fourth-order valence-electron chi connectivity index (χ4n) is 2.55. The lowest BCUT2D eigenvalue weighted by atomic mass is 9.85. The summed E-state index contributed by atoms with van der Waals surface area (Å²) in [6.45, 7) is 6.18. The van der Waals surface area contributed by atoms with Crippen LogP contribution < -0.4 is 5.32 Å². The third kappa shape index (κ3) is 2.61. The molecule has 4 nitrogen and oxygen atoms in total. The molecule has 0 saturated carbocycles. The van der Waals surface area contributed by atoms with Crippen LogP contribution in [-0.4, -0.2) is 41.8 Å². The van der Waals surface area contributed by atoms with Crippen molar-refractivity contribution in [3.05, 3.63) is 0 Å². The summed E-state index contributed by atoms with van der Waals surface area (Å²) in [6, 6.07) is 0.144. The molecule has 1 saturated heterocycles. The van der Waals surface area contributed by atoms with Crippen molar-refractivity contribution in [1.82, 2.24) is 10.2 Å². The van der Waals surface area contributed by atoms with Crippen LogP contribution in [0.25, 0.3) is 0 Å². The number of nitrogens with zero attached hydrogens (tertiary/aromatic N) is 1. The standard InChI is InChI=1S/C12H22N2O2/c1-9(15)11(16)14-10(8-13-4)6-5-7-12(14,2)3/h10,13H,5-8H2,1-4H3. The minimum atomic E-state index is -0.365. The molecule has 1 rings (SSSR count). The molecule has 1 amide bonds. The minimum absolute atomic E-state index is 0.144. The highest BCUT2D eigenvalue weighted by Gasteiger charge is 2.40. The summed E-state index contributed by atoms with van der Waals surface area (Å²) in [5.74, 6) is -0.707. The van der Waals surface area contributed by atoms with Gasteiger partial charge in [0.15, 0.2) is 0 Å². The van der Waals surface area contributed by atoms with Crippen molar-refractivity contribution in [3.8, 4) is 0 Å². The lowest BCUT2D eigenvalue weighted by Crippen LogP contribution is -2.59. The molecule has 0 aliphatic carbocycles. The molecule has 16 heavy (non-hydrogen) atoms. The van der Waals surface area contributed by atoms with Crippen molar-refractivity contribution in [1.29, 1.82) is 0 Å². The Bertz CT molecular complexity index is 285. The van der Waals surface area contributed by atoms with E-state index >= 15 is 0 Å². The molecular formula is C12H22N2O2. The fraction of sp³-hybridized carbons (Fsp3) is 0.833. The van der Waals surface area contributed by atoms with E-state index in [4.69, 9.17) is 0 Å². The van der Waals surface area contributed by atoms with Gasteiger partial charge in [-0.05, 0) is 40.2 Å². The number of Topliss-reactive ketones (excluding diaryl/α,β-unsaturated/α-hetero) is 1. The van der Waals surface area contributed by atoms with Crippen LogP contribution in [0.5, 0.6) is 0 Å². The first-order chi connectivity index (χ1) is 7.40. The molecule has 1 aliphatic rings. The molecule has 1 N–H and O–H groups in total. The van der Waals surface area contributed by atoms with E-state index < -0.39 is 0 Å². The summed E-state index contributed by atoms with van der Waals surface area (Å²) in [7, 11) is 1.87. The van der Waals surface area contributed by atoms with Gasteiger partial charge in [0.25, 0.3) is 5.91 Å². The molecule has 1 fully saturated rings. The van der Waals surface area contributed by atoms with Crippen molar-refractivity contribution in [2.24, 2.45) is 0 Å². The zero-order valence-corrected chi connectivity index (χ0v) is 10.7. The monoisotopic (exact) mass is 226 g/mol. The summed E-state index contributed by atoms with van der Waals surface area (Å²) < 4.78 is 0. The molecular weight excluding hydrogens is 204 g/mol. The van der Waals surface area contributed by atoms with Gasteiger partial charge >= 0.3 is 0 Å². The number of carbonyl (C=O) groups is 2. The van der Waals surface area contributed by atoms with Gasteiger partial charge in [0.05, 0.1) is 0 Å². The Morgan fingerprint density at radius 3 is 2.56 bits per heavy atom. The molecule has 0 radical (unpaired) electrons. The maximum Gasteiger partial charge on any atom is 0.290 e. The first-order valence-electron chi connectivity index (χ1n) is 5.89. The Labute approximate surface area is 97.4 Å². The molecule has 0 aromatic heterocycles. The van der Waals surface area contributed by atoms with E-state index in [1.807, 2.05) is 20.9 Å². The van der Waals surface area contributed by atoms with Crippen molar-refractivity contribution in [2.45, 2.75) is 51.6 Å². The number of likely N-dealkylation sites (tertiary alicyclic amines) is 1. The van der Waals surface area contributed by atoms with E-state index in [1.54, 1.807) is 4.90 Å². The van der Waals surface area contributed by atoms with Gasteiger partial charge in [0.2, 0.25) is 5.78 Å². The van der Waals surface area contributed by atoms with Gasteiger partial charge in [0, 0.05) is 25.0 Å². The van der Waals surface area contributed by atoms with Crippen LogP contribution in [0.4, 0.5) is 0 Å². The summed E-state index contributed by atoms with van der Waals surface area (Å²) >= 11 is 0. The number of ketones is 1. The zero-order chi connectivity index (χ0) is 12.3. The largest absolute Gasteiger partial charge is 0.327 e. The van der Waals surface area contributed by atoms with Crippen LogP contribution in [0.3, 0.4) is 0 Å². The highest BCUT2D eigenvalue weighted by Crippen LogP contribution is 2.31. The van der Waals surface area contributed by atoms with Crippen LogP contribution >= 0.6 is 0 Å². The van der Waals surface area contributed by atoms with Crippen LogP contribution in [0.15, 0.2) is 0 Å². The lowest BCUT2D eigenvalue weighted by molar-refractivity contribution is -0.152. The number of nitrogens with one attached hydrogen (secondary N) is 1. The van der Waals surface area contributed by atoms with Crippen LogP contribution in [0.2, 0.25) is 0 Å². The number of likely N-dealkylation sites (N-methyl/N-ethyl adjacent to an activating group) is 1. The third-order valence-corrected chi connectivity index (χ3v) is 3.30. The number of hydrogen-bond donors (Lipinski definition) is 1. The first kappa shape index (κ1) is 13.2. The van der Waals surface area contributed by atoms with E-state index in [1.165, 1.54) is 6.92 Å². The number of piperidine rings is 1. The van der Waals surface area contributed by atoms with Crippen LogP contribution in [0, 0.1) is 0 Å². The second kappa shape index (κ2) is 4.95. The fourth-order valence-corrected chi connectivity index (χ4v) is 2.55. The van der Waals surface area contributed by atoms with Gasteiger partial charge < -0.3 is 10.2 Å². The Morgan fingerprint density at radius 1 is 1.44 bits per heavy atom. The smallest absolute Gasteiger partial charge is 0.290 e. The highest BCUT2D eigenvalue weighted by molar-refractivity contribution is 6.35. The second-order valence-corrected chi connectivity index (χ2v) is 5.15. The number of rotatable bonds is 3. The molecule has 1 unspecified atom stereocenters. The number of hydrogen-bond acceptors (Lipinski definition) is 3. The number of amides is 1. The van der Waals surface area contributed by atoms with Crippen molar-refractivity contribution < 1.29 is 9.59 Å². The Balaban J connectivity index is 2.92.